The summed E-state index contributed by atoms with van der Waals surface area (Å²) < 4.78 is 5.02. The third-order valence-corrected chi connectivity index (χ3v) is 2.25. The Bertz CT molecular complexity index is 617. The number of carboxylic acids is 1. The van der Waals surface area contributed by atoms with Gasteiger partial charge in [-0.05, 0) is 24.3 Å². The van der Waals surface area contributed by atoms with Gasteiger partial charge >= 0.3 is 5.97 Å². The molecular formula is C13H10N2O4. The van der Waals surface area contributed by atoms with Gasteiger partial charge in [0.15, 0.2) is 0 Å². The molecule has 6 heteroatoms. The third kappa shape index (κ3) is 3.29. The number of anilines is 1. The Balaban J connectivity index is 2.09. The molecule has 6 nitrogen and oxygen atoms in total. The molecule has 0 unspecified atom stereocenters. The number of carbonyl (C=O) groups excluding carboxylic acids is 1. The first-order valence-corrected chi connectivity index (χ1v) is 5.36. The Morgan fingerprint density at radius 3 is 2.89 bits per heavy atom. The molecule has 2 aromatic rings. The standard InChI is InChI=1S/C13H10N2O4/c16-12(4-3-9-2-1-7-19-9)15-11-8-14-6-5-10(11)13(17)18/h1-8H,(H,15,16)(H,17,18). The Labute approximate surface area is 108 Å². The van der Waals surface area contributed by atoms with E-state index in [0.29, 0.717) is 5.76 Å². The van der Waals surface area contributed by atoms with Crippen LogP contribution in [0.2, 0.25) is 0 Å². The Morgan fingerprint density at radius 2 is 2.21 bits per heavy atom. The third-order valence-electron chi connectivity index (χ3n) is 2.25. The van der Waals surface area contributed by atoms with Gasteiger partial charge in [-0.1, -0.05) is 0 Å². The van der Waals surface area contributed by atoms with Gasteiger partial charge in [-0.25, -0.2) is 4.79 Å². The molecule has 0 aromatic carbocycles. The summed E-state index contributed by atoms with van der Waals surface area (Å²) in [6.07, 6.45) is 6.84. The number of aromatic nitrogens is 1. The zero-order chi connectivity index (χ0) is 13.7. The van der Waals surface area contributed by atoms with E-state index in [1.165, 1.54) is 36.9 Å². The lowest BCUT2D eigenvalue weighted by atomic mass is 10.2. The minimum absolute atomic E-state index is 0.0188. The van der Waals surface area contributed by atoms with Crippen molar-refractivity contribution in [2.24, 2.45) is 0 Å². The highest BCUT2D eigenvalue weighted by atomic mass is 16.4. The summed E-state index contributed by atoms with van der Waals surface area (Å²) in [5, 5.41) is 11.4. The van der Waals surface area contributed by atoms with Gasteiger partial charge in [0.25, 0.3) is 0 Å². The molecule has 0 aliphatic rings. The largest absolute Gasteiger partial charge is 0.478 e. The minimum atomic E-state index is -1.13. The van der Waals surface area contributed by atoms with Crippen LogP contribution in [0, 0.1) is 0 Å². The topological polar surface area (TPSA) is 92.4 Å². The maximum Gasteiger partial charge on any atom is 0.337 e. The number of hydrogen-bond acceptors (Lipinski definition) is 4. The van der Waals surface area contributed by atoms with Crippen molar-refractivity contribution in [3.8, 4) is 0 Å². The Morgan fingerprint density at radius 1 is 1.37 bits per heavy atom. The number of hydrogen-bond donors (Lipinski definition) is 2. The van der Waals surface area contributed by atoms with Crippen molar-refractivity contribution in [3.63, 3.8) is 0 Å². The summed E-state index contributed by atoms with van der Waals surface area (Å²) in [6.45, 7) is 0. The number of nitrogens with one attached hydrogen (secondary N) is 1. The number of nitrogens with zero attached hydrogens (tertiary/aromatic N) is 1. The van der Waals surface area contributed by atoms with Crippen molar-refractivity contribution in [3.05, 3.63) is 54.3 Å². The molecule has 2 rings (SSSR count). The van der Waals surface area contributed by atoms with Crippen LogP contribution in [0.4, 0.5) is 5.69 Å². The lowest BCUT2D eigenvalue weighted by Gasteiger charge is -2.04. The maximum atomic E-state index is 11.6. The van der Waals surface area contributed by atoms with Crippen LogP contribution < -0.4 is 5.32 Å². The average Bonchev–Trinajstić information content (AvgIpc) is 2.90. The minimum Gasteiger partial charge on any atom is -0.478 e. The van der Waals surface area contributed by atoms with E-state index < -0.39 is 11.9 Å². The number of carboxylic acid groups (broad SMARTS) is 1. The van der Waals surface area contributed by atoms with Crippen LogP contribution in [-0.4, -0.2) is 22.0 Å². The van der Waals surface area contributed by atoms with Gasteiger partial charge in [0.2, 0.25) is 5.91 Å². The molecule has 2 N–H and O–H groups in total. The van der Waals surface area contributed by atoms with Crippen LogP contribution in [0.25, 0.3) is 6.08 Å². The van der Waals surface area contributed by atoms with E-state index in [2.05, 4.69) is 10.3 Å². The summed E-state index contributed by atoms with van der Waals surface area (Å²) in [6, 6.07) is 4.70. The van der Waals surface area contributed by atoms with Crippen LogP contribution in [0.15, 0.2) is 47.3 Å². The van der Waals surface area contributed by atoms with Crippen LogP contribution >= 0.6 is 0 Å². The van der Waals surface area contributed by atoms with E-state index >= 15 is 0 Å². The van der Waals surface area contributed by atoms with E-state index in [1.54, 1.807) is 12.1 Å². The van der Waals surface area contributed by atoms with Gasteiger partial charge in [-0.3, -0.25) is 9.78 Å². The SMILES string of the molecule is O=C(C=Cc1ccco1)Nc1cnccc1C(=O)O. The molecule has 0 aliphatic heterocycles. The molecule has 0 bridgehead atoms. The molecule has 0 radical (unpaired) electrons. The molecular weight excluding hydrogens is 248 g/mol. The smallest absolute Gasteiger partial charge is 0.337 e. The number of carbonyl (C=O) groups is 2. The van der Waals surface area contributed by atoms with E-state index in [-0.39, 0.29) is 11.3 Å². The highest BCUT2D eigenvalue weighted by Gasteiger charge is 2.10. The van der Waals surface area contributed by atoms with Crippen molar-refractivity contribution >= 4 is 23.6 Å². The maximum absolute atomic E-state index is 11.6. The van der Waals surface area contributed by atoms with Crippen molar-refractivity contribution < 1.29 is 19.1 Å². The van der Waals surface area contributed by atoms with Crippen molar-refractivity contribution in [2.75, 3.05) is 5.32 Å². The van der Waals surface area contributed by atoms with Crippen LogP contribution in [0.5, 0.6) is 0 Å². The molecule has 0 aliphatic carbocycles. The van der Waals surface area contributed by atoms with E-state index in [9.17, 15) is 9.59 Å². The quantitative estimate of drug-likeness (QED) is 0.818. The molecule has 0 saturated carbocycles. The van der Waals surface area contributed by atoms with Gasteiger partial charge in [0.05, 0.1) is 23.7 Å². The Kier molecular flexibility index (Phi) is 3.72. The second kappa shape index (κ2) is 5.63. The second-order valence-corrected chi connectivity index (χ2v) is 3.56. The molecule has 2 heterocycles. The lowest BCUT2D eigenvalue weighted by Crippen LogP contribution is -2.12. The zero-order valence-electron chi connectivity index (χ0n) is 9.74. The molecule has 0 atom stereocenters. The fraction of sp³-hybridized carbons (Fsp3) is 0. The van der Waals surface area contributed by atoms with Gasteiger partial charge in [0, 0.05) is 12.3 Å². The first-order chi connectivity index (χ1) is 9.16. The van der Waals surface area contributed by atoms with Crippen LogP contribution in [0.3, 0.4) is 0 Å². The monoisotopic (exact) mass is 258 g/mol. The molecule has 96 valence electrons. The fourth-order valence-electron chi connectivity index (χ4n) is 1.40. The van der Waals surface area contributed by atoms with Crippen molar-refractivity contribution in [1.29, 1.82) is 0 Å². The summed E-state index contributed by atoms with van der Waals surface area (Å²) in [7, 11) is 0. The highest BCUT2D eigenvalue weighted by molar-refractivity contribution is 6.05. The predicted octanol–water partition coefficient (Wildman–Crippen LogP) is 2.02. The number of aromatic carboxylic acids is 1. The number of amides is 1. The van der Waals surface area contributed by atoms with Gasteiger partial charge < -0.3 is 14.8 Å². The van der Waals surface area contributed by atoms with Gasteiger partial charge in [-0.2, -0.15) is 0 Å². The van der Waals surface area contributed by atoms with Gasteiger partial charge in [0.1, 0.15) is 5.76 Å². The Hall–Kier alpha value is -2.89. The predicted molar refractivity (Wildman–Crippen MR) is 67.6 cm³/mol. The van der Waals surface area contributed by atoms with Gasteiger partial charge in [-0.15, -0.1) is 0 Å². The average molecular weight is 258 g/mol. The van der Waals surface area contributed by atoms with E-state index in [1.807, 2.05) is 0 Å². The molecule has 0 spiro atoms. The summed E-state index contributed by atoms with van der Waals surface area (Å²) >= 11 is 0. The summed E-state index contributed by atoms with van der Waals surface area (Å²) in [5.41, 5.74) is 0.124. The first kappa shape index (κ1) is 12.6. The second-order valence-electron chi connectivity index (χ2n) is 3.56. The summed E-state index contributed by atoms with van der Waals surface area (Å²) in [5.74, 6) is -1.07. The van der Waals surface area contributed by atoms with Crippen molar-refractivity contribution in [1.82, 2.24) is 4.98 Å². The van der Waals surface area contributed by atoms with Crippen LogP contribution in [-0.2, 0) is 4.79 Å². The normalized spacial score (nSPS) is 10.5. The molecule has 19 heavy (non-hydrogen) atoms. The van der Waals surface area contributed by atoms with E-state index in [0.717, 1.165) is 0 Å². The highest BCUT2D eigenvalue weighted by Crippen LogP contribution is 2.13. The number of pyridine rings is 1. The summed E-state index contributed by atoms with van der Waals surface area (Å²) in [4.78, 5) is 26.3. The lowest BCUT2D eigenvalue weighted by molar-refractivity contribution is -0.111. The molecule has 2 aromatic heterocycles. The molecule has 0 fully saturated rings. The first-order valence-electron chi connectivity index (χ1n) is 5.36. The number of furan rings is 1. The molecule has 0 saturated heterocycles. The fourth-order valence-corrected chi connectivity index (χ4v) is 1.40. The molecule has 1 amide bonds. The number of rotatable bonds is 4. The zero-order valence-corrected chi connectivity index (χ0v) is 9.74. The van der Waals surface area contributed by atoms with E-state index in [4.69, 9.17) is 9.52 Å². The van der Waals surface area contributed by atoms with Crippen LogP contribution in [0.1, 0.15) is 16.1 Å². The van der Waals surface area contributed by atoms with Crippen molar-refractivity contribution in [2.45, 2.75) is 0 Å².